The molecule has 0 aromatic carbocycles. The first-order chi connectivity index (χ1) is 9.06. The van der Waals surface area contributed by atoms with Gasteiger partial charge in [-0.2, -0.15) is 0 Å². The second-order valence-electron chi connectivity index (χ2n) is 3.62. The zero-order valence-corrected chi connectivity index (χ0v) is 9.62. The third kappa shape index (κ3) is 3.12. The van der Waals surface area contributed by atoms with Gasteiger partial charge in [0, 0.05) is 12.2 Å². The maximum atomic E-state index is 11.3. The Morgan fingerprint density at radius 1 is 0.684 bits per heavy atom. The Morgan fingerprint density at radius 2 is 1.11 bits per heavy atom. The number of allylic oxidation sites excluding steroid dienone is 6. The molecule has 2 aliphatic rings. The third-order valence-corrected chi connectivity index (χ3v) is 2.26. The van der Waals surface area contributed by atoms with Gasteiger partial charge in [0.25, 0.3) is 0 Å². The van der Waals surface area contributed by atoms with Gasteiger partial charge >= 0.3 is 0 Å². The van der Waals surface area contributed by atoms with Crippen molar-refractivity contribution in [2.45, 2.75) is 0 Å². The molecule has 0 aliphatic heterocycles. The van der Waals surface area contributed by atoms with Crippen LogP contribution in [-0.4, -0.2) is 29.9 Å². The molecule has 0 N–H and O–H groups in total. The fraction of sp³-hybridized carbons (Fsp3) is 0.0769. The normalized spacial score (nSPS) is 18.3. The molecule has 0 saturated heterocycles. The molecule has 19 heavy (non-hydrogen) atoms. The van der Waals surface area contributed by atoms with E-state index in [-0.39, 0.29) is 23.1 Å². The van der Waals surface area contributed by atoms with Crippen LogP contribution in [0, 0.1) is 0 Å². The van der Waals surface area contributed by atoms with Gasteiger partial charge in [0.2, 0.25) is 18.4 Å². The molecule has 0 aromatic rings. The van der Waals surface area contributed by atoms with Crippen LogP contribution in [0.3, 0.4) is 0 Å². The van der Waals surface area contributed by atoms with Gasteiger partial charge in [-0.05, 0) is 24.3 Å². The lowest BCUT2D eigenvalue weighted by Crippen LogP contribution is -2.15. The Morgan fingerprint density at radius 3 is 1.53 bits per heavy atom. The minimum atomic E-state index is -0.469. The van der Waals surface area contributed by atoms with Crippen LogP contribution in [0.1, 0.15) is 0 Å². The van der Waals surface area contributed by atoms with Gasteiger partial charge in [-0.3, -0.25) is 19.2 Å². The summed E-state index contributed by atoms with van der Waals surface area (Å²) in [5.41, 5.74) is 0. The summed E-state index contributed by atoms with van der Waals surface area (Å²) in [7, 11) is 0. The van der Waals surface area contributed by atoms with E-state index in [0.717, 1.165) is 36.5 Å². The van der Waals surface area contributed by atoms with Crippen LogP contribution in [0.15, 0.2) is 48.0 Å². The first-order valence-electron chi connectivity index (χ1n) is 5.28. The number of carbonyl (C=O) groups is 4. The van der Waals surface area contributed by atoms with Crippen molar-refractivity contribution in [2.24, 2.45) is 0 Å². The van der Waals surface area contributed by atoms with Crippen LogP contribution in [0.2, 0.25) is 0 Å². The smallest absolute Gasteiger partial charge is 0.231 e. The number of hydrogen-bond acceptors (Lipinski definition) is 6. The van der Waals surface area contributed by atoms with Gasteiger partial charge in [0.05, 0.1) is 0 Å². The second-order valence-corrected chi connectivity index (χ2v) is 3.62. The quantitative estimate of drug-likeness (QED) is 0.528. The minimum Gasteiger partial charge on any atom is -0.453 e. The highest BCUT2D eigenvalue weighted by molar-refractivity contribution is 6.17. The summed E-state index contributed by atoms with van der Waals surface area (Å²) in [6.07, 6.45) is 6.44. The molecule has 0 amide bonds. The van der Waals surface area contributed by atoms with Crippen molar-refractivity contribution in [1.29, 1.82) is 0 Å². The van der Waals surface area contributed by atoms with E-state index in [9.17, 15) is 19.2 Å². The van der Waals surface area contributed by atoms with Crippen LogP contribution in [0.4, 0.5) is 0 Å². The predicted molar refractivity (Wildman–Crippen MR) is 61.5 cm³/mol. The number of ketones is 4. The van der Waals surface area contributed by atoms with Crippen molar-refractivity contribution in [2.75, 3.05) is 6.79 Å². The summed E-state index contributed by atoms with van der Waals surface area (Å²) >= 11 is 0. The Bertz CT molecular complexity index is 536. The molecule has 0 saturated carbocycles. The van der Waals surface area contributed by atoms with Gasteiger partial charge in [0.1, 0.15) is 0 Å². The molecule has 2 aliphatic carbocycles. The highest BCUT2D eigenvalue weighted by atomic mass is 16.7. The molecular formula is C13H8O6. The molecule has 0 aromatic heterocycles. The van der Waals surface area contributed by atoms with Gasteiger partial charge in [0.15, 0.2) is 23.1 Å². The van der Waals surface area contributed by atoms with Crippen LogP contribution in [-0.2, 0) is 28.7 Å². The molecule has 6 nitrogen and oxygen atoms in total. The Hall–Kier alpha value is -2.76. The van der Waals surface area contributed by atoms with E-state index < -0.39 is 18.4 Å². The van der Waals surface area contributed by atoms with Crippen LogP contribution >= 0.6 is 0 Å². The fourth-order valence-electron chi connectivity index (χ4n) is 1.36. The average molecular weight is 260 g/mol. The number of hydrogen-bond donors (Lipinski definition) is 0. The van der Waals surface area contributed by atoms with E-state index in [0.29, 0.717) is 0 Å². The molecule has 0 unspecified atom stereocenters. The van der Waals surface area contributed by atoms with Crippen LogP contribution in [0.25, 0.3) is 0 Å². The summed E-state index contributed by atoms with van der Waals surface area (Å²) < 4.78 is 9.88. The largest absolute Gasteiger partial charge is 0.453 e. The summed E-state index contributed by atoms with van der Waals surface area (Å²) in [6.45, 7) is -0.447. The lowest BCUT2D eigenvalue weighted by atomic mass is 10.1. The summed E-state index contributed by atoms with van der Waals surface area (Å²) in [4.78, 5) is 44.7. The van der Waals surface area contributed by atoms with Crippen LogP contribution < -0.4 is 0 Å². The maximum Gasteiger partial charge on any atom is 0.231 e. The molecule has 2 rings (SSSR count). The molecule has 0 spiro atoms. The third-order valence-electron chi connectivity index (χ3n) is 2.26. The van der Waals surface area contributed by atoms with E-state index in [4.69, 9.17) is 9.47 Å². The van der Waals surface area contributed by atoms with Crippen molar-refractivity contribution in [3.63, 3.8) is 0 Å². The van der Waals surface area contributed by atoms with E-state index in [1.807, 2.05) is 0 Å². The standard InChI is InChI=1S/C13H8O6/c14-8-1-3-10(16)12(5-8)18-7-19-13-6-9(15)2-4-11(13)17/h1-6H,7H2. The van der Waals surface area contributed by atoms with Crippen molar-refractivity contribution in [3.8, 4) is 0 Å². The van der Waals surface area contributed by atoms with Crippen molar-refractivity contribution >= 4 is 23.1 Å². The predicted octanol–water partition coefficient (Wildman–Crippen LogP) is 0.161. The fourth-order valence-corrected chi connectivity index (χ4v) is 1.36. The van der Waals surface area contributed by atoms with Gasteiger partial charge in [-0.15, -0.1) is 0 Å². The maximum absolute atomic E-state index is 11.3. The lowest BCUT2D eigenvalue weighted by Gasteiger charge is -2.12. The molecule has 0 radical (unpaired) electrons. The van der Waals surface area contributed by atoms with Gasteiger partial charge in [-0.1, -0.05) is 0 Å². The Kier molecular flexibility index (Phi) is 3.51. The molecule has 0 fully saturated rings. The van der Waals surface area contributed by atoms with Gasteiger partial charge in [-0.25, -0.2) is 0 Å². The van der Waals surface area contributed by atoms with Crippen LogP contribution in [0.5, 0.6) is 0 Å². The van der Waals surface area contributed by atoms with E-state index >= 15 is 0 Å². The Labute approximate surface area is 107 Å². The lowest BCUT2D eigenvalue weighted by molar-refractivity contribution is -0.122. The summed E-state index contributed by atoms with van der Waals surface area (Å²) in [5.74, 6) is -2.02. The molecular weight excluding hydrogens is 252 g/mol. The molecule has 0 atom stereocenters. The number of ether oxygens (including phenoxy) is 2. The topological polar surface area (TPSA) is 86.7 Å². The molecule has 96 valence electrons. The zero-order valence-electron chi connectivity index (χ0n) is 9.62. The van der Waals surface area contributed by atoms with Gasteiger partial charge < -0.3 is 9.47 Å². The van der Waals surface area contributed by atoms with Crippen molar-refractivity contribution < 1.29 is 28.7 Å². The molecule has 0 bridgehead atoms. The van der Waals surface area contributed by atoms with Crippen molar-refractivity contribution in [1.82, 2.24) is 0 Å². The zero-order chi connectivity index (χ0) is 13.8. The van der Waals surface area contributed by atoms with E-state index in [1.165, 1.54) is 0 Å². The first kappa shape index (κ1) is 12.7. The summed E-state index contributed by atoms with van der Waals surface area (Å²) in [6, 6.07) is 0. The highest BCUT2D eigenvalue weighted by Crippen LogP contribution is 2.10. The number of rotatable bonds is 4. The molecule has 0 heterocycles. The molecule has 6 heteroatoms. The average Bonchev–Trinajstić information content (AvgIpc) is 2.38. The monoisotopic (exact) mass is 260 g/mol. The Balaban J connectivity index is 1.91. The second kappa shape index (κ2) is 5.26. The summed E-state index contributed by atoms with van der Waals surface area (Å²) in [5, 5.41) is 0. The first-order valence-corrected chi connectivity index (χ1v) is 5.28. The number of carbonyl (C=O) groups excluding carboxylic acids is 4. The SMILES string of the molecule is O=C1C=CC(=O)C(OCOC2=CC(=O)C=CC2=O)=C1. The highest BCUT2D eigenvalue weighted by Gasteiger charge is 2.17. The minimum absolute atomic E-state index is 0.168. The van der Waals surface area contributed by atoms with Crippen molar-refractivity contribution in [3.05, 3.63) is 48.0 Å². The van der Waals surface area contributed by atoms with E-state index in [2.05, 4.69) is 0 Å². The van der Waals surface area contributed by atoms with E-state index in [1.54, 1.807) is 0 Å².